The third-order valence-electron chi connectivity index (χ3n) is 1.73. The molecule has 0 heterocycles. The standard InChI is InChI=1S/C11H14N2O2S/c1-7(2)15-10(14)8-3-5-9(6-4-8)13-11(12)16/h3-7H,1-2H3,(H3,12,13,16). The van der Waals surface area contributed by atoms with E-state index in [4.69, 9.17) is 22.7 Å². The van der Waals surface area contributed by atoms with Crippen LogP contribution in [0.5, 0.6) is 0 Å². The first-order chi connectivity index (χ1) is 7.49. The molecule has 0 amide bonds. The molecule has 0 spiro atoms. The topological polar surface area (TPSA) is 64.3 Å². The van der Waals surface area contributed by atoms with Crippen molar-refractivity contribution in [2.45, 2.75) is 20.0 Å². The summed E-state index contributed by atoms with van der Waals surface area (Å²) in [5.41, 5.74) is 6.56. The van der Waals surface area contributed by atoms with Crippen LogP contribution in [-0.4, -0.2) is 17.2 Å². The average Bonchev–Trinajstić information content (AvgIpc) is 2.16. The first-order valence-electron chi connectivity index (χ1n) is 4.86. The zero-order chi connectivity index (χ0) is 12.1. The molecule has 0 saturated carbocycles. The minimum Gasteiger partial charge on any atom is -0.459 e. The molecule has 0 aliphatic heterocycles. The molecule has 0 aliphatic rings. The van der Waals surface area contributed by atoms with Crippen LogP contribution in [0, 0.1) is 0 Å². The largest absolute Gasteiger partial charge is 0.459 e. The summed E-state index contributed by atoms with van der Waals surface area (Å²) >= 11 is 4.69. The molecule has 0 unspecified atom stereocenters. The second-order valence-electron chi connectivity index (χ2n) is 3.52. The van der Waals surface area contributed by atoms with E-state index in [0.717, 1.165) is 5.69 Å². The lowest BCUT2D eigenvalue weighted by molar-refractivity contribution is 0.0378. The van der Waals surface area contributed by atoms with Crippen LogP contribution in [0.4, 0.5) is 5.69 Å². The van der Waals surface area contributed by atoms with Gasteiger partial charge in [0.05, 0.1) is 11.7 Å². The predicted octanol–water partition coefficient (Wildman–Crippen LogP) is 1.91. The van der Waals surface area contributed by atoms with Gasteiger partial charge in [0.15, 0.2) is 5.11 Å². The third-order valence-corrected chi connectivity index (χ3v) is 1.83. The third kappa shape index (κ3) is 3.86. The molecule has 0 atom stereocenters. The van der Waals surface area contributed by atoms with Gasteiger partial charge in [-0.3, -0.25) is 0 Å². The molecule has 4 nitrogen and oxygen atoms in total. The van der Waals surface area contributed by atoms with Gasteiger partial charge in [-0.1, -0.05) is 0 Å². The first kappa shape index (κ1) is 12.4. The van der Waals surface area contributed by atoms with Gasteiger partial charge in [0.2, 0.25) is 0 Å². The van der Waals surface area contributed by atoms with Gasteiger partial charge in [0.1, 0.15) is 0 Å². The van der Waals surface area contributed by atoms with E-state index in [1.54, 1.807) is 38.1 Å². The van der Waals surface area contributed by atoms with E-state index >= 15 is 0 Å². The number of rotatable bonds is 3. The molecule has 86 valence electrons. The molecular formula is C11H14N2O2S. The molecule has 1 aromatic rings. The fraction of sp³-hybridized carbons (Fsp3) is 0.273. The number of ether oxygens (including phenoxy) is 1. The van der Waals surface area contributed by atoms with E-state index in [-0.39, 0.29) is 17.2 Å². The molecule has 0 bridgehead atoms. The molecule has 16 heavy (non-hydrogen) atoms. The fourth-order valence-electron chi connectivity index (χ4n) is 1.11. The molecule has 3 N–H and O–H groups in total. The van der Waals surface area contributed by atoms with Crippen LogP contribution >= 0.6 is 12.2 Å². The highest BCUT2D eigenvalue weighted by molar-refractivity contribution is 7.80. The summed E-state index contributed by atoms with van der Waals surface area (Å²) in [5.74, 6) is -0.336. The second kappa shape index (κ2) is 5.46. The Morgan fingerprint density at radius 3 is 2.38 bits per heavy atom. The van der Waals surface area contributed by atoms with Crippen molar-refractivity contribution in [1.29, 1.82) is 0 Å². The van der Waals surface area contributed by atoms with Crippen LogP contribution in [0.1, 0.15) is 24.2 Å². The van der Waals surface area contributed by atoms with Crippen LogP contribution in [0.25, 0.3) is 0 Å². The maximum atomic E-state index is 11.5. The smallest absolute Gasteiger partial charge is 0.338 e. The number of esters is 1. The van der Waals surface area contributed by atoms with Crippen LogP contribution < -0.4 is 11.1 Å². The zero-order valence-corrected chi connectivity index (χ0v) is 10.0. The number of hydrogen-bond donors (Lipinski definition) is 2. The van der Waals surface area contributed by atoms with Crippen LogP contribution in [0.15, 0.2) is 24.3 Å². The quantitative estimate of drug-likeness (QED) is 0.622. The van der Waals surface area contributed by atoms with Gasteiger partial charge in [0.25, 0.3) is 0 Å². The maximum absolute atomic E-state index is 11.5. The molecule has 0 fully saturated rings. The Labute approximate surface area is 99.8 Å². The van der Waals surface area contributed by atoms with Crippen molar-refractivity contribution in [3.8, 4) is 0 Å². The fourth-order valence-corrected chi connectivity index (χ4v) is 1.23. The Balaban J connectivity index is 2.71. The monoisotopic (exact) mass is 238 g/mol. The van der Waals surface area contributed by atoms with Crippen molar-refractivity contribution in [2.24, 2.45) is 5.73 Å². The molecule has 1 rings (SSSR count). The first-order valence-corrected chi connectivity index (χ1v) is 5.27. The Bertz CT molecular complexity index is 387. The summed E-state index contributed by atoms with van der Waals surface area (Å²) in [7, 11) is 0. The molecule has 0 aromatic heterocycles. The number of anilines is 1. The van der Waals surface area contributed by atoms with Crippen molar-refractivity contribution in [1.82, 2.24) is 0 Å². The van der Waals surface area contributed by atoms with Crippen LogP contribution in [-0.2, 0) is 4.74 Å². The van der Waals surface area contributed by atoms with Gasteiger partial charge >= 0.3 is 5.97 Å². The van der Waals surface area contributed by atoms with Crippen molar-refractivity contribution >= 4 is 29.0 Å². The Morgan fingerprint density at radius 2 is 1.94 bits per heavy atom. The number of thiocarbonyl (C=S) groups is 1. The molecular weight excluding hydrogens is 224 g/mol. The number of carbonyl (C=O) groups excluding carboxylic acids is 1. The summed E-state index contributed by atoms with van der Waals surface area (Å²) in [6, 6.07) is 6.75. The lowest BCUT2D eigenvalue weighted by Gasteiger charge is -2.08. The molecule has 0 aliphatic carbocycles. The average molecular weight is 238 g/mol. The Hall–Kier alpha value is -1.62. The van der Waals surface area contributed by atoms with Gasteiger partial charge in [-0.15, -0.1) is 0 Å². The maximum Gasteiger partial charge on any atom is 0.338 e. The predicted molar refractivity (Wildman–Crippen MR) is 67.4 cm³/mol. The van der Waals surface area contributed by atoms with E-state index < -0.39 is 0 Å². The molecule has 0 saturated heterocycles. The minimum absolute atomic E-state index is 0.123. The molecule has 5 heteroatoms. The number of benzene rings is 1. The molecule has 0 radical (unpaired) electrons. The Kier molecular flexibility index (Phi) is 4.25. The minimum atomic E-state index is -0.336. The summed E-state index contributed by atoms with van der Waals surface area (Å²) in [6.07, 6.45) is -0.123. The van der Waals surface area contributed by atoms with Crippen LogP contribution in [0.3, 0.4) is 0 Å². The second-order valence-corrected chi connectivity index (χ2v) is 3.96. The molecule has 1 aromatic carbocycles. The van der Waals surface area contributed by atoms with Crippen molar-refractivity contribution < 1.29 is 9.53 Å². The highest BCUT2D eigenvalue weighted by Crippen LogP contribution is 2.10. The highest BCUT2D eigenvalue weighted by atomic mass is 32.1. The van der Waals surface area contributed by atoms with Gasteiger partial charge < -0.3 is 15.8 Å². The van der Waals surface area contributed by atoms with E-state index in [1.807, 2.05) is 0 Å². The summed E-state index contributed by atoms with van der Waals surface area (Å²) < 4.78 is 5.05. The van der Waals surface area contributed by atoms with Crippen molar-refractivity contribution in [3.05, 3.63) is 29.8 Å². The van der Waals surface area contributed by atoms with Gasteiger partial charge in [-0.25, -0.2) is 4.79 Å². The van der Waals surface area contributed by atoms with Gasteiger partial charge in [-0.2, -0.15) is 0 Å². The summed E-state index contributed by atoms with van der Waals surface area (Å²) in [6.45, 7) is 3.61. The SMILES string of the molecule is CC(C)OC(=O)c1ccc(NC(N)=S)cc1. The number of nitrogens with one attached hydrogen (secondary N) is 1. The van der Waals surface area contributed by atoms with Crippen molar-refractivity contribution in [2.75, 3.05) is 5.32 Å². The summed E-state index contributed by atoms with van der Waals surface area (Å²) in [4.78, 5) is 11.5. The van der Waals surface area contributed by atoms with E-state index in [0.29, 0.717) is 5.56 Å². The number of hydrogen-bond acceptors (Lipinski definition) is 3. The number of nitrogens with two attached hydrogens (primary N) is 1. The van der Waals surface area contributed by atoms with E-state index in [1.165, 1.54) is 0 Å². The van der Waals surface area contributed by atoms with Gasteiger partial charge in [-0.05, 0) is 50.3 Å². The zero-order valence-electron chi connectivity index (χ0n) is 9.19. The van der Waals surface area contributed by atoms with Crippen LogP contribution in [0.2, 0.25) is 0 Å². The number of carbonyl (C=O) groups is 1. The Morgan fingerprint density at radius 1 is 1.38 bits per heavy atom. The summed E-state index contributed by atoms with van der Waals surface area (Å²) in [5, 5.41) is 2.96. The normalized spacial score (nSPS) is 9.94. The van der Waals surface area contributed by atoms with Crippen molar-refractivity contribution in [3.63, 3.8) is 0 Å². The van der Waals surface area contributed by atoms with Gasteiger partial charge in [0, 0.05) is 5.69 Å². The van der Waals surface area contributed by atoms with E-state index in [2.05, 4.69) is 5.32 Å². The highest BCUT2D eigenvalue weighted by Gasteiger charge is 2.08. The van der Waals surface area contributed by atoms with E-state index in [9.17, 15) is 4.79 Å². The lowest BCUT2D eigenvalue weighted by atomic mass is 10.2. The lowest BCUT2D eigenvalue weighted by Crippen LogP contribution is -2.19.